The number of hydrogen-bond acceptors (Lipinski definition) is 3. The van der Waals surface area contributed by atoms with Crippen molar-refractivity contribution < 1.29 is 30.9 Å². The summed E-state index contributed by atoms with van der Waals surface area (Å²) < 4.78 is 88.5. The van der Waals surface area contributed by atoms with Crippen LogP contribution in [0.3, 0.4) is 0 Å². The molecule has 1 heterocycles. The Morgan fingerprint density at radius 3 is 2.25 bits per heavy atom. The van der Waals surface area contributed by atoms with Crippen LogP contribution >= 0.6 is 0 Å². The molecule has 24 heavy (non-hydrogen) atoms. The zero-order valence-corrected chi connectivity index (χ0v) is 13.1. The molecule has 0 saturated heterocycles. The molecule has 0 aliphatic rings. The highest BCUT2D eigenvalue weighted by atomic mass is 32.2. The maximum Gasteiger partial charge on any atom is 0.453 e. The number of rotatable bonds is 4. The molecule has 0 aliphatic carbocycles. The average Bonchev–Trinajstić information content (AvgIpc) is 2.95. The van der Waals surface area contributed by atoms with E-state index in [1.54, 1.807) is 0 Å². The lowest BCUT2D eigenvalue weighted by Crippen LogP contribution is -2.25. The third-order valence-electron chi connectivity index (χ3n) is 3.11. The van der Waals surface area contributed by atoms with Gasteiger partial charge in [-0.25, -0.2) is 18.4 Å². The van der Waals surface area contributed by atoms with Crippen molar-refractivity contribution >= 4 is 11.2 Å². The Bertz CT molecular complexity index is 733. The molecule has 0 spiro atoms. The van der Waals surface area contributed by atoms with Gasteiger partial charge in [0.15, 0.2) is 4.90 Å². The fraction of sp³-hybridized carbons (Fsp3) is 0.385. The second-order valence-electron chi connectivity index (χ2n) is 4.90. The summed E-state index contributed by atoms with van der Waals surface area (Å²) in [7, 11) is 0. The van der Waals surface area contributed by atoms with Crippen molar-refractivity contribution in [3.8, 4) is 5.69 Å². The van der Waals surface area contributed by atoms with Crippen LogP contribution in [0, 0.1) is 13.8 Å². The fourth-order valence-electron chi connectivity index (χ4n) is 2.01. The van der Waals surface area contributed by atoms with Crippen LogP contribution in [0.2, 0.25) is 0 Å². The fourth-order valence-corrected chi connectivity index (χ4v) is 3.04. The summed E-state index contributed by atoms with van der Waals surface area (Å²) in [5.41, 5.74) is -2.16. The summed E-state index contributed by atoms with van der Waals surface area (Å²) in [5.74, 6) is -1.39. The molecule has 2 atom stereocenters. The Hall–Kier alpha value is -1.75. The van der Waals surface area contributed by atoms with Crippen molar-refractivity contribution in [3.63, 3.8) is 0 Å². The van der Waals surface area contributed by atoms with Crippen molar-refractivity contribution in [2.45, 2.75) is 36.8 Å². The molecule has 2 unspecified atom stereocenters. The van der Waals surface area contributed by atoms with E-state index in [-0.39, 0.29) is 16.1 Å². The zero-order chi connectivity index (χ0) is 18.2. The highest BCUT2D eigenvalue weighted by molar-refractivity contribution is 7.92. The van der Waals surface area contributed by atoms with Crippen LogP contribution in [0.15, 0.2) is 23.4 Å². The first-order valence-corrected chi connectivity index (χ1v) is 7.67. The van der Waals surface area contributed by atoms with E-state index >= 15 is 0 Å². The summed E-state index contributed by atoms with van der Waals surface area (Å²) in [6, 6.07) is 2.47. The Labute approximate surface area is 135 Å². The first kappa shape index (κ1) is 18.6. The molecule has 1 aromatic carbocycles. The Kier molecular flexibility index (Phi) is 5.14. The minimum absolute atomic E-state index is 0.0356. The lowest BCUT2D eigenvalue weighted by molar-refractivity contribution is -0.144. The average molecular weight is 371 g/mol. The van der Waals surface area contributed by atoms with Gasteiger partial charge in [-0.3, -0.25) is 0 Å². The van der Waals surface area contributed by atoms with Gasteiger partial charge < -0.3 is 4.55 Å². The number of alkyl halides is 6. The van der Waals surface area contributed by atoms with Gasteiger partial charge in [0.05, 0.1) is 5.69 Å². The summed E-state index contributed by atoms with van der Waals surface area (Å²) in [6.07, 6.45) is -7.42. The second kappa shape index (κ2) is 6.63. The monoisotopic (exact) mass is 371 g/mol. The number of aryl methyl sites for hydroxylation is 2. The lowest BCUT2D eigenvalue weighted by Gasteiger charge is -2.17. The van der Waals surface area contributed by atoms with Crippen molar-refractivity contribution in [3.05, 3.63) is 35.4 Å². The van der Waals surface area contributed by atoms with Gasteiger partial charge in [-0.05, 0) is 25.5 Å². The molecule has 0 aliphatic heterocycles. The summed E-state index contributed by atoms with van der Waals surface area (Å²) >= 11 is -2.67. The maximum atomic E-state index is 13.3. The second-order valence-corrected chi connectivity index (χ2v) is 6.38. The van der Waals surface area contributed by atoms with Crippen LogP contribution in [0.5, 0.6) is 0 Å². The Morgan fingerprint density at radius 2 is 1.75 bits per heavy atom. The predicted octanol–water partition coefficient (Wildman–Crippen LogP) is 3.57. The molecule has 2 aromatic rings. The highest BCUT2D eigenvalue weighted by Crippen LogP contribution is 2.30. The molecule has 11 heteroatoms. The molecule has 0 saturated carbocycles. The van der Waals surface area contributed by atoms with Gasteiger partial charge >= 0.3 is 18.1 Å². The maximum absolute atomic E-state index is 13.3. The molecule has 2 rings (SSSR count). The van der Waals surface area contributed by atoms with Gasteiger partial charge in [0.25, 0.3) is 5.82 Å². The van der Waals surface area contributed by atoms with E-state index in [1.807, 2.05) is 0 Å². The van der Waals surface area contributed by atoms with Gasteiger partial charge in [-0.2, -0.15) is 17.6 Å². The third kappa shape index (κ3) is 3.66. The van der Waals surface area contributed by atoms with Crippen LogP contribution in [0.4, 0.5) is 26.3 Å². The normalized spacial score (nSPS) is 14.9. The van der Waals surface area contributed by atoms with Crippen LogP contribution in [0.25, 0.3) is 5.69 Å². The standard InChI is InChI=1S/C13H11F6N3OS/c1-6-3-7(2)9(24(23)11(16)10(14)15)4-8(6)22-5-20-12(21-22)13(17,18)19/h3-5,10-11H,1-2H3. The molecular weight excluding hydrogens is 360 g/mol. The Balaban J connectivity index is 2.49. The third-order valence-corrected chi connectivity index (χ3v) is 4.59. The van der Waals surface area contributed by atoms with E-state index < -0.39 is 35.1 Å². The van der Waals surface area contributed by atoms with Crippen LogP contribution in [-0.4, -0.2) is 31.2 Å². The van der Waals surface area contributed by atoms with Gasteiger partial charge in [0, 0.05) is 22.8 Å². The van der Waals surface area contributed by atoms with E-state index in [9.17, 15) is 30.9 Å². The number of benzene rings is 1. The molecule has 1 aromatic heterocycles. The summed E-state index contributed by atoms with van der Waals surface area (Å²) in [5, 5.41) is 3.26. The molecule has 0 radical (unpaired) electrons. The van der Waals surface area contributed by atoms with Gasteiger partial charge in [0.2, 0.25) is 0 Å². The predicted molar refractivity (Wildman–Crippen MR) is 73.1 cm³/mol. The van der Waals surface area contributed by atoms with E-state index in [0.717, 1.165) is 17.1 Å². The van der Waals surface area contributed by atoms with E-state index in [4.69, 9.17) is 0 Å². The first-order chi connectivity index (χ1) is 11.0. The van der Waals surface area contributed by atoms with Crippen LogP contribution in [-0.2, 0) is 17.4 Å². The van der Waals surface area contributed by atoms with Crippen molar-refractivity contribution in [1.82, 2.24) is 14.8 Å². The molecule has 0 amide bonds. The van der Waals surface area contributed by atoms with Crippen molar-refractivity contribution in [1.29, 1.82) is 0 Å². The summed E-state index contributed by atoms with van der Waals surface area (Å²) in [6.45, 7) is 2.97. The van der Waals surface area contributed by atoms with Crippen molar-refractivity contribution in [2.24, 2.45) is 0 Å². The largest absolute Gasteiger partial charge is 0.609 e. The summed E-state index contributed by atoms with van der Waals surface area (Å²) in [4.78, 5) is 2.88. The number of hydrogen-bond donors (Lipinski definition) is 0. The minimum atomic E-state index is -4.75. The van der Waals surface area contributed by atoms with Gasteiger partial charge in [-0.15, -0.1) is 5.10 Å². The molecule has 132 valence electrons. The van der Waals surface area contributed by atoms with E-state index in [0.29, 0.717) is 5.56 Å². The topological polar surface area (TPSA) is 53.8 Å². The molecule has 0 N–H and O–H groups in total. The Morgan fingerprint density at radius 1 is 1.12 bits per heavy atom. The van der Waals surface area contributed by atoms with E-state index in [2.05, 4.69) is 10.1 Å². The zero-order valence-electron chi connectivity index (χ0n) is 12.3. The molecule has 4 nitrogen and oxygen atoms in total. The minimum Gasteiger partial charge on any atom is -0.609 e. The molecule has 0 bridgehead atoms. The van der Waals surface area contributed by atoms with Crippen LogP contribution < -0.4 is 0 Å². The highest BCUT2D eigenvalue weighted by Gasteiger charge is 2.37. The van der Waals surface area contributed by atoms with E-state index in [1.165, 1.54) is 19.9 Å². The smallest absolute Gasteiger partial charge is 0.453 e. The SMILES string of the molecule is Cc1cc(C)c([S+]([O-])C(F)C(F)F)cc1-n1cnc(C(F)(F)F)n1. The van der Waals surface area contributed by atoms with Crippen molar-refractivity contribution in [2.75, 3.05) is 0 Å². The van der Waals surface area contributed by atoms with Crippen LogP contribution in [0.1, 0.15) is 17.0 Å². The number of halogens is 6. The molecular formula is C13H11F6N3OS. The van der Waals surface area contributed by atoms with Gasteiger partial charge in [-0.1, -0.05) is 0 Å². The van der Waals surface area contributed by atoms with Gasteiger partial charge in [0.1, 0.15) is 6.33 Å². The lowest BCUT2D eigenvalue weighted by atomic mass is 10.1. The first-order valence-electron chi connectivity index (χ1n) is 6.45. The molecule has 0 fully saturated rings. The number of nitrogens with zero attached hydrogens (tertiary/aromatic N) is 3. The number of aromatic nitrogens is 3. The quantitative estimate of drug-likeness (QED) is 0.610.